The zero-order valence-corrected chi connectivity index (χ0v) is 11.8. The first-order valence-corrected chi connectivity index (χ1v) is 7.17. The maximum atomic E-state index is 11.4. The van der Waals surface area contributed by atoms with Crippen LogP contribution < -0.4 is 5.32 Å². The van der Waals surface area contributed by atoms with E-state index < -0.39 is 5.97 Å². The van der Waals surface area contributed by atoms with Gasteiger partial charge in [-0.1, -0.05) is 0 Å². The molecule has 0 radical (unpaired) electrons. The van der Waals surface area contributed by atoms with Crippen LogP contribution in [-0.2, 0) is 9.59 Å². The molecule has 0 saturated heterocycles. The summed E-state index contributed by atoms with van der Waals surface area (Å²) in [4.78, 5) is 24.4. The Hall–Kier alpha value is -1.10. The van der Waals surface area contributed by atoms with Crippen molar-refractivity contribution in [3.8, 4) is 0 Å². The van der Waals surface area contributed by atoms with Crippen LogP contribution in [0.3, 0.4) is 0 Å². The van der Waals surface area contributed by atoms with E-state index in [1.165, 1.54) is 0 Å². The molecule has 4 unspecified atom stereocenters. The van der Waals surface area contributed by atoms with E-state index in [1.807, 2.05) is 0 Å². The fraction of sp³-hybridized carbons (Fsp3) is 0.857. The van der Waals surface area contributed by atoms with E-state index in [0.29, 0.717) is 18.3 Å². The van der Waals surface area contributed by atoms with E-state index in [9.17, 15) is 14.7 Å². The van der Waals surface area contributed by atoms with Crippen LogP contribution >= 0.6 is 0 Å². The normalized spacial score (nSPS) is 32.5. The predicted octanol–water partition coefficient (Wildman–Crippen LogP) is 0.944. The summed E-state index contributed by atoms with van der Waals surface area (Å²) in [6.45, 7) is 0.733. The van der Waals surface area contributed by atoms with E-state index in [-0.39, 0.29) is 17.9 Å². The molecule has 19 heavy (non-hydrogen) atoms. The predicted molar refractivity (Wildman–Crippen MR) is 71.7 cm³/mol. The molecule has 0 aliphatic heterocycles. The van der Waals surface area contributed by atoms with E-state index in [1.54, 1.807) is 19.0 Å². The molecule has 5 heteroatoms. The second-order valence-electron chi connectivity index (χ2n) is 6.07. The molecular weight excluding hydrogens is 244 g/mol. The molecule has 2 fully saturated rings. The Morgan fingerprint density at radius 2 is 1.95 bits per heavy atom. The number of carbonyl (C=O) groups is 2. The van der Waals surface area contributed by atoms with Crippen LogP contribution in [0.4, 0.5) is 0 Å². The maximum Gasteiger partial charge on any atom is 0.308 e. The second-order valence-corrected chi connectivity index (χ2v) is 6.07. The van der Waals surface area contributed by atoms with Gasteiger partial charge in [0.25, 0.3) is 0 Å². The zero-order chi connectivity index (χ0) is 14.0. The summed E-state index contributed by atoms with van der Waals surface area (Å²) >= 11 is 0. The molecule has 2 aliphatic carbocycles. The Morgan fingerprint density at radius 3 is 2.58 bits per heavy atom. The van der Waals surface area contributed by atoms with Crippen LogP contribution in [0.1, 0.15) is 32.1 Å². The Morgan fingerprint density at radius 1 is 1.26 bits per heavy atom. The third kappa shape index (κ3) is 3.08. The molecule has 2 N–H and O–H groups in total. The molecule has 0 aromatic rings. The maximum absolute atomic E-state index is 11.4. The lowest BCUT2D eigenvalue weighted by Crippen LogP contribution is -2.44. The highest BCUT2D eigenvalue weighted by Gasteiger charge is 2.50. The second kappa shape index (κ2) is 5.90. The smallest absolute Gasteiger partial charge is 0.308 e. The first-order valence-electron chi connectivity index (χ1n) is 7.17. The number of hydrogen-bond donors (Lipinski definition) is 2. The molecule has 2 rings (SSSR count). The van der Waals surface area contributed by atoms with Crippen molar-refractivity contribution in [1.29, 1.82) is 0 Å². The lowest BCUT2D eigenvalue weighted by molar-refractivity contribution is -0.144. The topological polar surface area (TPSA) is 69.6 Å². The summed E-state index contributed by atoms with van der Waals surface area (Å²) in [7, 11) is 3.51. The van der Waals surface area contributed by atoms with E-state index >= 15 is 0 Å². The summed E-state index contributed by atoms with van der Waals surface area (Å²) in [6.07, 6.45) is 4.59. The Bertz CT molecular complexity index is 357. The summed E-state index contributed by atoms with van der Waals surface area (Å²) in [6, 6.07) is 0.116. The van der Waals surface area contributed by atoms with Gasteiger partial charge in [-0.2, -0.15) is 0 Å². The minimum atomic E-state index is -0.658. The summed E-state index contributed by atoms with van der Waals surface area (Å²) in [5.74, 6) is 0.140. The van der Waals surface area contributed by atoms with E-state index in [0.717, 1.165) is 32.2 Å². The number of nitrogens with zero attached hydrogens (tertiary/aromatic N) is 1. The monoisotopic (exact) mass is 268 g/mol. The van der Waals surface area contributed by atoms with E-state index in [4.69, 9.17) is 0 Å². The van der Waals surface area contributed by atoms with E-state index in [2.05, 4.69) is 5.32 Å². The van der Waals surface area contributed by atoms with Gasteiger partial charge in [-0.05, 0) is 44.1 Å². The third-order valence-corrected chi connectivity index (χ3v) is 4.65. The van der Waals surface area contributed by atoms with Crippen molar-refractivity contribution in [1.82, 2.24) is 10.2 Å². The van der Waals surface area contributed by atoms with Crippen molar-refractivity contribution in [2.24, 2.45) is 17.8 Å². The van der Waals surface area contributed by atoms with Crippen molar-refractivity contribution in [2.75, 3.05) is 20.6 Å². The van der Waals surface area contributed by atoms with Crippen LogP contribution in [0.15, 0.2) is 0 Å². The average Bonchev–Trinajstić information content (AvgIpc) is 2.94. The molecule has 5 nitrogen and oxygen atoms in total. The lowest BCUT2D eigenvalue weighted by atomic mass is 9.84. The molecule has 4 atom stereocenters. The van der Waals surface area contributed by atoms with Crippen molar-refractivity contribution < 1.29 is 14.7 Å². The molecule has 0 spiro atoms. The van der Waals surface area contributed by atoms with Gasteiger partial charge in [0.1, 0.15) is 0 Å². The van der Waals surface area contributed by atoms with Crippen LogP contribution in [0.5, 0.6) is 0 Å². The minimum absolute atomic E-state index is 0.116. The Kier molecular flexibility index (Phi) is 4.45. The van der Waals surface area contributed by atoms with Gasteiger partial charge >= 0.3 is 5.97 Å². The number of rotatable bonds is 6. The summed E-state index contributed by atoms with van der Waals surface area (Å²) in [5, 5.41) is 12.7. The highest BCUT2D eigenvalue weighted by atomic mass is 16.4. The number of amides is 1. The molecular formula is C14H24N2O3. The highest BCUT2D eigenvalue weighted by molar-refractivity contribution is 5.75. The number of carbonyl (C=O) groups excluding carboxylic acids is 1. The standard InChI is InChI=1S/C14H24N2O3/c1-16(2)11(17)4-3-7-15-13-10-6-5-9(8-10)12(13)14(18)19/h9-10,12-13,15H,3-8H2,1-2H3,(H,18,19). The van der Waals surface area contributed by atoms with Crippen LogP contribution in [0.2, 0.25) is 0 Å². The summed E-state index contributed by atoms with van der Waals surface area (Å²) in [5.41, 5.74) is 0. The number of hydrogen-bond acceptors (Lipinski definition) is 3. The molecule has 2 bridgehead atoms. The fourth-order valence-corrected chi connectivity index (χ4v) is 3.67. The van der Waals surface area contributed by atoms with Crippen molar-refractivity contribution >= 4 is 11.9 Å². The first kappa shape index (κ1) is 14.3. The molecule has 1 amide bonds. The molecule has 0 heterocycles. The number of nitrogens with one attached hydrogen (secondary N) is 1. The van der Waals surface area contributed by atoms with Gasteiger partial charge in [0.05, 0.1) is 5.92 Å². The van der Waals surface area contributed by atoms with Crippen LogP contribution in [0, 0.1) is 17.8 Å². The number of carboxylic acid groups (broad SMARTS) is 1. The van der Waals surface area contributed by atoms with Gasteiger partial charge in [0.2, 0.25) is 5.91 Å². The van der Waals surface area contributed by atoms with Gasteiger partial charge in [0, 0.05) is 26.6 Å². The average molecular weight is 268 g/mol. The van der Waals surface area contributed by atoms with Crippen molar-refractivity contribution in [2.45, 2.75) is 38.1 Å². The van der Waals surface area contributed by atoms with Gasteiger partial charge in [-0.25, -0.2) is 0 Å². The molecule has 2 saturated carbocycles. The minimum Gasteiger partial charge on any atom is -0.481 e. The Balaban J connectivity index is 1.76. The SMILES string of the molecule is CN(C)C(=O)CCCNC1C2CCC(C2)C1C(=O)O. The largest absolute Gasteiger partial charge is 0.481 e. The van der Waals surface area contributed by atoms with Gasteiger partial charge in [-0.3, -0.25) is 9.59 Å². The summed E-state index contributed by atoms with van der Waals surface area (Å²) < 4.78 is 0. The molecule has 0 aromatic heterocycles. The van der Waals surface area contributed by atoms with Crippen LogP contribution in [0.25, 0.3) is 0 Å². The lowest BCUT2D eigenvalue weighted by Gasteiger charge is -2.29. The Labute approximate surface area is 114 Å². The van der Waals surface area contributed by atoms with Crippen LogP contribution in [-0.4, -0.2) is 48.6 Å². The highest BCUT2D eigenvalue weighted by Crippen LogP contribution is 2.48. The van der Waals surface area contributed by atoms with Gasteiger partial charge in [-0.15, -0.1) is 0 Å². The number of fused-ring (bicyclic) bond motifs is 2. The van der Waals surface area contributed by atoms with Gasteiger partial charge < -0.3 is 15.3 Å². The van der Waals surface area contributed by atoms with Crippen molar-refractivity contribution in [3.05, 3.63) is 0 Å². The first-order chi connectivity index (χ1) is 9.00. The number of carboxylic acids is 1. The third-order valence-electron chi connectivity index (χ3n) is 4.65. The molecule has 0 aromatic carbocycles. The number of aliphatic carboxylic acids is 1. The van der Waals surface area contributed by atoms with Crippen molar-refractivity contribution in [3.63, 3.8) is 0 Å². The fourth-order valence-electron chi connectivity index (χ4n) is 3.67. The molecule has 2 aliphatic rings. The zero-order valence-electron chi connectivity index (χ0n) is 11.8. The van der Waals surface area contributed by atoms with Gasteiger partial charge in [0.15, 0.2) is 0 Å². The quantitative estimate of drug-likeness (QED) is 0.704. The molecule has 108 valence electrons.